The van der Waals surface area contributed by atoms with Gasteiger partial charge in [-0.05, 0) is 49.7 Å². The third kappa shape index (κ3) is 2.84. The Balaban J connectivity index is 2.18. The molecular formula is C14H15FN2O. The highest BCUT2D eigenvalue weighted by molar-refractivity contribution is 5.36. The molecule has 2 N–H and O–H groups in total. The smallest absolute Gasteiger partial charge is 0.145 e. The molecule has 0 aliphatic carbocycles. The van der Waals surface area contributed by atoms with Crippen LogP contribution in [-0.4, -0.2) is 4.98 Å². The predicted octanol–water partition coefficient (Wildman–Crippen LogP) is 3.34. The van der Waals surface area contributed by atoms with Gasteiger partial charge >= 0.3 is 0 Å². The largest absolute Gasteiger partial charge is 0.455 e. The average molecular weight is 246 g/mol. The van der Waals surface area contributed by atoms with Crippen molar-refractivity contribution in [3.05, 3.63) is 53.6 Å². The Labute approximate surface area is 105 Å². The van der Waals surface area contributed by atoms with Crippen molar-refractivity contribution in [2.45, 2.75) is 19.9 Å². The molecule has 0 spiro atoms. The van der Waals surface area contributed by atoms with E-state index in [2.05, 4.69) is 4.98 Å². The van der Waals surface area contributed by atoms with Crippen LogP contribution in [0.2, 0.25) is 0 Å². The van der Waals surface area contributed by atoms with E-state index in [-0.39, 0.29) is 11.9 Å². The number of benzene rings is 1. The van der Waals surface area contributed by atoms with E-state index in [0.29, 0.717) is 11.5 Å². The molecule has 2 aromatic rings. The number of nitrogens with zero attached hydrogens (tertiary/aromatic N) is 1. The summed E-state index contributed by atoms with van der Waals surface area (Å²) in [6.07, 6.45) is 1.61. The number of ether oxygens (including phenoxy) is 1. The molecule has 1 unspecified atom stereocenters. The number of pyridine rings is 1. The lowest BCUT2D eigenvalue weighted by Gasteiger charge is -2.09. The predicted molar refractivity (Wildman–Crippen MR) is 68.1 cm³/mol. The molecule has 1 aromatic carbocycles. The maximum absolute atomic E-state index is 12.9. The van der Waals surface area contributed by atoms with Crippen LogP contribution in [0.4, 0.5) is 4.39 Å². The highest BCUT2D eigenvalue weighted by Crippen LogP contribution is 2.25. The summed E-state index contributed by atoms with van der Waals surface area (Å²) in [5.41, 5.74) is 7.26. The first-order valence-electron chi connectivity index (χ1n) is 5.72. The van der Waals surface area contributed by atoms with Crippen LogP contribution in [0.15, 0.2) is 36.5 Å². The topological polar surface area (TPSA) is 48.1 Å². The number of halogens is 1. The van der Waals surface area contributed by atoms with Crippen molar-refractivity contribution in [3.63, 3.8) is 0 Å². The molecular weight excluding hydrogens is 231 g/mol. The molecule has 1 heterocycles. The van der Waals surface area contributed by atoms with Gasteiger partial charge in [0.2, 0.25) is 0 Å². The van der Waals surface area contributed by atoms with Crippen molar-refractivity contribution in [2.24, 2.45) is 5.73 Å². The van der Waals surface area contributed by atoms with Crippen LogP contribution in [0, 0.1) is 12.7 Å². The van der Waals surface area contributed by atoms with Gasteiger partial charge in [0.25, 0.3) is 0 Å². The van der Waals surface area contributed by atoms with Gasteiger partial charge in [-0.25, -0.2) is 4.39 Å². The highest BCUT2D eigenvalue weighted by Gasteiger charge is 2.05. The van der Waals surface area contributed by atoms with Crippen molar-refractivity contribution < 1.29 is 9.13 Å². The van der Waals surface area contributed by atoms with Crippen LogP contribution in [0.3, 0.4) is 0 Å². The second kappa shape index (κ2) is 5.14. The number of hydrogen-bond donors (Lipinski definition) is 1. The summed E-state index contributed by atoms with van der Waals surface area (Å²) < 4.78 is 18.6. The Kier molecular flexibility index (Phi) is 3.58. The molecule has 0 radical (unpaired) electrons. The molecule has 4 heteroatoms. The fraction of sp³-hybridized carbons (Fsp3) is 0.214. The second-order valence-corrected chi connectivity index (χ2v) is 4.22. The zero-order valence-corrected chi connectivity index (χ0v) is 10.4. The molecule has 0 aliphatic heterocycles. The fourth-order valence-electron chi connectivity index (χ4n) is 1.58. The van der Waals surface area contributed by atoms with Crippen molar-refractivity contribution in [1.29, 1.82) is 0 Å². The van der Waals surface area contributed by atoms with Crippen LogP contribution >= 0.6 is 0 Å². The van der Waals surface area contributed by atoms with Crippen LogP contribution in [-0.2, 0) is 0 Å². The van der Waals surface area contributed by atoms with E-state index in [1.54, 1.807) is 25.3 Å². The van der Waals surface area contributed by atoms with E-state index >= 15 is 0 Å². The van der Waals surface area contributed by atoms with E-state index in [1.165, 1.54) is 12.1 Å². The number of aromatic nitrogens is 1. The second-order valence-electron chi connectivity index (χ2n) is 4.22. The molecule has 1 aromatic heterocycles. The summed E-state index contributed by atoms with van der Waals surface area (Å²) in [6.45, 7) is 3.66. The number of aryl methyl sites for hydroxylation is 1. The van der Waals surface area contributed by atoms with E-state index in [0.717, 1.165) is 11.3 Å². The number of rotatable bonds is 3. The van der Waals surface area contributed by atoms with E-state index < -0.39 is 0 Å². The Bertz CT molecular complexity index is 538. The van der Waals surface area contributed by atoms with Crippen molar-refractivity contribution in [2.75, 3.05) is 0 Å². The molecule has 0 saturated carbocycles. The van der Waals surface area contributed by atoms with Gasteiger partial charge in [0.15, 0.2) is 0 Å². The van der Waals surface area contributed by atoms with Gasteiger partial charge in [0.05, 0.1) is 11.9 Å². The summed E-state index contributed by atoms with van der Waals surface area (Å²) in [6, 6.07) is 7.91. The van der Waals surface area contributed by atoms with E-state index in [9.17, 15) is 4.39 Å². The van der Waals surface area contributed by atoms with E-state index in [4.69, 9.17) is 10.5 Å². The molecule has 18 heavy (non-hydrogen) atoms. The van der Waals surface area contributed by atoms with Gasteiger partial charge in [0.1, 0.15) is 17.3 Å². The molecule has 0 saturated heterocycles. The third-order valence-electron chi connectivity index (χ3n) is 2.59. The molecule has 0 aliphatic rings. The average Bonchev–Trinajstić information content (AvgIpc) is 2.33. The Morgan fingerprint density at radius 3 is 2.61 bits per heavy atom. The maximum Gasteiger partial charge on any atom is 0.145 e. The third-order valence-corrected chi connectivity index (χ3v) is 2.59. The van der Waals surface area contributed by atoms with Crippen LogP contribution in [0.1, 0.15) is 24.2 Å². The monoisotopic (exact) mass is 246 g/mol. The highest BCUT2D eigenvalue weighted by atomic mass is 19.1. The van der Waals surface area contributed by atoms with Crippen LogP contribution < -0.4 is 10.5 Å². The van der Waals surface area contributed by atoms with Crippen molar-refractivity contribution >= 4 is 0 Å². The van der Waals surface area contributed by atoms with E-state index in [1.807, 2.05) is 13.0 Å². The first-order valence-corrected chi connectivity index (χ1v) is 5.72. The summed E-state index contributed by atoms with van der Waals surface area (Å²) in [5.74, 6) is 0.950. The fourth-order valence-corrected chi connectivity index (χ4v) is 1.58. The molecule has 0 bridgehead atoms. The first kappa shape index (κ1) is 12.5. The lowest BCUT2D eigenvalue weighted by Crippen LogP contribution is -2.06. The van der Waals surface area contributed by atoms with Crippen LogP contribution in [0.5, 0.6) is 11.5 Å². The SMILES string of the molecule is Cc1cc(F)ccc1Oc1ccc(C(C)N)nc1. The molecule has 94 valence electrons. The first-order chi connectivity index (χ1) is 8.56. The quantitative estimate of drug-likeness (QED) is 0.903. The van der Waals surface area contributed by atoms with Crippen molar-refractivity contribution in [1.82, 2.24) is 4.98 Å². The minimum Gasteiger partial charge on any atom is -0.455 e. The van der Waals surface area contributed by atoms with Crippen LogP contribution in [0.25, 0.3) is 0 Å². The van der Waals surface area contributed by atoms with Gasteiger partial charge in [-0.2, -0.15) is 0 Å². The summed E-state index contributed by atoms with van der Waals surface area (Å²) in [7, 11) is 0. The molecule has 0 fully saturated rings. The molecule has 0 amide bonds. The molecule has 3 nitrogen and oxygen atoms in total. The number of nitrogens with two attached hydrogens (primary N) is 1. The summed E-state index contributed by atoms with van der Waals surface area (Å²) in [5, 5.41) is 0. The Morgan fingerprint density at radius 2 is 2.06 bits per heavy atom. The normalized spacial score (nSPS) is 12.2. The van der Waals surface area contributed by atoms with Gasteiger partial charge in [0, 0.05) is 6.04 Å². The lowest BCUT2D eigenvalue weighted by molar-refractivity contribution is 0.473. The zero-order valence-electron chi connectivity index (χ0n) is 10.4. The maximum atomic E-state index is 12.9. The van der Waals surface area contributed by atoms with Crippen molar-refractivity contribution in [3.8, 4) is 11.5 Å². The standard InChI is InChI=1S/C14H15FN2O/c1-9-7-11(15)3-6-14(9)18-12-4-5-13(10(2)16)17-8-12/h3-8,10H,16H2,1-2H3. The Morgan fingerprint density at radius 1 is 1.28 bits per heavy atom. The molecule has 2 rings (SSSR count). The minimum atomic E-state index is -0.273. The van der Waals surface area contributed by atoms with Gasteiger partial charge < -0.3 is 10.5 Å². The number of hydrogen-bond acceptors (Lipinski definition) is 3. The zero-order chi connectivity index (χ0) is 13.1. The van der Waals surface area contributed by atoms with Gasteiger partial charge in [-0.3, -0.25) is 4.98 Å². The lowest BCUT2D eigenvalue weighted by atomic mass is 10.2. The minimum absolute atomic E-state index is 0.105. The summed E-state index contributed by atoms with van der Waals surface area (Å²) in [4.78, 5) is 4.20. The Hall–Kier alpha value is -1.94. The van der Waals surface area contributed by atoms with Gasteiger partial charge in [-0.15, -0.1) is 0 Å². The summed E-state index contributed by atoms with van der Waals surface area (Å²) >= 11 is 0. The van der Waals surface area contributed by atoms with Gasteiger partial charge in [-0.1, -0.05) is 0 Å². The molecule has 1 atom stereocenters.